The molecule has 1 amide bonds. The Balaban J connectivity index is 1.65. The van der Waals surface area contributed by atoms with E-state index in [0.29, 0.717) is 5.56 Å². The highest BCUT2D eigenvalue weighted by molar-refractivity contribution is 5.84. The van der Waals surface area contributed by atoms with Crippen molar-refractivity contribution in [3.05, 3.63) is 30.1 Å². The predicted octanol–water partition coefficient (Wildman–Crippen LogP) is 3.48. The molecule has 1 aromatic carbocycles. The minimum absolute atomic E-state index is 0.0425. The van der Waals surface area contributed by atoms with Gasteiger partial charge in [0, 0.05) is 18.2 Å². The molecule has 1 aromatic heterocycles. The summed E-state index contributed by atoms with van der Waals surface area (Å²) in [6, 6.07) is 3.58. The van der Waals surface area contributed by atoms with Crippen molar-refractivity contribution in [2.75, 3.05) is 11.9 Å². The molecule has 0 unspecified atom stereocenters. The smallest absolute Gasteiger partial charge is 0.393 e. The van der Waals surface area contributed by atoms with Crippen LogP contribution < -0.4 is 5.32 Å². The highest BCUT2D eigenvalue weighted by atomic mass is 19.4. The van der Waals surface area contributed by atoms with Crippen LogP contribution in [-0.4, -0.2) is 45.8 Å². The van der Waals surface area contributed by atoms with Gasteiger partial charge in [-0.3, -0.25) is 4.79 Å². The number of likely N-dealkylation sites (tertiary alicyclic amines) is 1. The van der Waals surface area contributed by atoms with Gasteiger partial charge in [-0.1, -0.05) is 5.10 Å². The average molecular weight is 386 g/mol. The molecule has 0 aliphatic carbocycles. The van der Waals surface area contributed by atoms with Crippen molar-refractivity contribution in [1.29, 1.82) is 0 Å². The Morgan fingerprint density at radius 3 is 2.56 bits per heavy atom. The van der Waals surface area contributed by atoms with Crippen LogP contribution in [0.5, 0.6) is 0 Å². The van der Waals surface area contributed by atoms with Crippen LogP contribution in [0.25, 0.3) is 11.5 Å². The minimum atomic E-state index is -4.33. The number of halogens is 4. The average Bonchev–Trinajstić information content (AvgIpc) is 3.21. The fourth-order valence-electron chi connectivity index (χ4n) is 3.17. The largest absolute Gasteiger partial charge is 0.403 e. The molecule has 10 heteroatoms. The maximum absolute atomic E-state index is 13.0. The van der Waals surface area contributed by atoms with E-state index in [-0.39, 0.29) is 24.9 Å². The molecule has 0 radical (unpaired) electrons. The zero-order valence-corrected chi connectivity index (χ0v) is 14.6. The number of hydrogen-bond acceptors (Lipinski definition) is 5. The van der Waals surface area contributed by atoms with E-state index in [1.165, 1.54) is 43.0 Å². The standard InChI is InChI=1S/C17H18F4N4O2/c1-9(15(26)25-8-7-13(10(25)2)17(19,20)21)22-16-24-23-14(27-16)11-3-5-12(18)6-4-11/h3-6,9-10,13H,7-8H2,1-2H3,(H,22,24)/t9-,10-,13+/m1/s1. The topological polar surface area (TPSA) is 71.3 Å². The summed E-state index contributed by atoms with van der Waals surface area (Å²) in [5.74, 6) is -2.28. The second kappa shape index (κ2) is 7.16. The summed E-state index contributed by atoms with van der Waals surface area (Å²) in [6.45, 7) is 2.95. The summed E-state index contributed by atoms with van der Waals surface area (Å²) in [6.07, 6.45) is -4.44. The molecule has 1 saturated heterocycles. The lowest BCUT2D eigenvalue weighted by atomic mass is 10.0. The SMILES string of the molecule is C[C@@H]1[C@@H](C(F)(F)F)CCN1C(=O)[C@@H](C)Nc1nnc(-c2ccc(F)cc2)o1. The van der Waals surface area contributed by atoms with Gasteiger partial charge in [0.15, 0.2) is 0 Å². The second-order valence-electron chi connectivity index (χ2n) is 6.49. The van der Waals surface area contributed by atoms with Crippen molar-refractivity contribution in [2.24, 2.45) is 5.92 Å². The van der Waals surface area contributed by atoms with Crippen LogP contribution in [0.2, 0.25) is 0 Å². The van der Waals surface area contributed by atoms with Gasteiger partial charge in [0.25, 0.3) is 0 Å². The lowest BCUT2D eigenvalue weighted by Gasteiger charge is -2.28. The van der Waals surface area contributed by atoms with Gasteiger partial charge in [-0.25, -0.2) is 4.39 Å². The van der Waals surface area contributed by atoms with Crippen molar-refractivity contribution in [2.45, 2.75) is 38.5 Å². The first-order chi connectivity index (χ1) is 12.7. The number of alkyl halides is 3. The minimum Gasteiger partial charge on any atom is -0.403 e. The zero-order valence-electron chi connectivity index (χ0n) is 14.6. The summed E-state index contributed by atoms with van der Waals surface area (Å²) >= 11 is 0. The van der Waals surface area contributed by atoms with Crippen molar-refractivity contribution in [1.82, 2.24) is 15.1 Å². The van der Waals surface area contributed by atoms with E-state index in [1.807, 2.05) is 0 Å². The number of carbonyl (C=O) groups excluding carboxylic acids is 1. The molecule has 27 heavy (non-hydrogen) atoms. The molecule has 2 aromatic rings. The van der Waals surface area contributed by atoms with E-state index in [9.17, 15) is 22.4 Å². The van der Waals surface area contributed by atoms with E-state index >= 15 is 0 Å². The Bertz CT molecular complexity index is 806. The number of benzene rings is 1. The Labute approximate surface area is 152 Å². The summed E-state index contributed by atoms with van der Waals surface area (Å²) < 4.78 is 57.3. The van der Waals surface area contributed by atoms with Crippen molar-refractivity contribution in [3.63, 3.8) is 0 Å². The third-order valence-electron chi connectivity index (χ3n) is 4.69. The van der Waals surface area contributed by atoms with Crippen LogP contribution in [0.4, 0.5) is 23.6 Å². The van der Waals surface area contributed by atoms with Crippen LogP contribution >= 0.6 is 0 Å². The quantitative estimate of drug-likeness (QED) is 0.815. The van der Waals surface area contributed by atoms with Gasteiger partial charge in [0.1, 0.15) is 11.9 Å². The van der Waals surface area contributed by atoms with E-state index in [0.717, 1.165) is 0 Å². The van der Waals surface area contributed by atoms with Crippen LogP contribution in [-0.2, 0) is 4.79 Å². The highest BCUT2D eigenvalue weighted by Gasteiger charge is 2.49. The molecule has 0 bridgehead atoms. The number of nitrogens with one attached hydrogen (secondary N) is 1. The molecule has 0 saturated carbocycles. The maximum Gasteiger partial charge on any atom is 0.393 e. The first kappa shape index (κ1) is 19.1. The first-order valence-electron chi connectivity index (χ1n) is 8.40. The van der Waals surface area contributed by atoms with Crippen molar-refractivity contribution < 1.29 is 26.8 Å². The highest BCUT2D eigenvalue weighted by Crippen LogP contribution is 2.38. The van der Waals surface area contributed by atoms with E-state index < -0.39 is 35.9 Å². The molecule has 3 atom stereocenters. The van der Waals surface area contributed by atoms with Gasteiger partial charge in [0.05, 0.1) is 5.92 Å². The number of rotatable bonds is 4. The number of carbonyl (C=O) groups is 1. The van der Waals surface area contributed by atoms with Crippen molar-refractivity contribution in [3.8, 4) is 11.5 Å². The molecule has 1 fully saturated rings. The van der Waals surface area contributed by atoms with Gasteiger partial charge in [-0.15, -0.1) is 5.10 Å². The van der Waals surface area contributed by atoms with Crippen LogP contribution in [0, 0.1) is 11.7 Å². The van der Waals surface area contributed by atoms with E-state index in [2.05, 4.69) is 15.5 Å². The molecule has 3 rings (SSSR count). The number of hydrogen-bond donors (Lipinski definition) is 1. The van der Waals surface area contributed by atoms with Crippen LogP contribution in [0.15, 0.2) is 28.7 Å². The maximum atomic E-state index is 13.0. The van der Waals surface area contributed by atoms with E-state index in [4.69, 9.17) is 4.42 Å². The fourth-order valence-corrected chi connectivity index (χ4v) is 3.17. The molecule has 2 heterocycles. The summed E-state index contributed by atoms with van der Waals surface area (Å²) in [4.78, 5) is 13.7. The summed E-state index contributed by atoms with van der Waals surface area (Å²) in [5, 5.41) is 10.3. The molecule has 0 spiro atoms. The van der Waals surface area contributed by atoms with Crippen molar-refractivity contribution >= 4 is 11.9 Å². The van der Waals surface area contributed by atoms with E-state index in [1.54, 1.807) is 0 Å². The molecular formula is C17H18F4N4O2. The number of anilines is 1. The normalized spacial score (nSPS) is 21.3. The fraction of sp³-hybridized carbons (Fsp3) is 0.471. The zero-order chi connectivity index (χ0) is 19.8. The molecule has 1 aliphatic rings. The number of aromatic nitrogens is 2. The third kappa shape index (κ3) is 4.04. The molecule has 1 aliphatic heterocycles. The number of nitrogens with zero attached hydrogens (tertiary/aromatic N) is 3. The summed E-state index contributed by atoms with van der Waals surface area (Å²) in [5.41, 5.74) is 0.497. The Kier molecular flexibility index (Phi) is 5.07. The van der Waals surface area contributed by atoms with Gasteiger partial charge in [0.2, 0.25) is 11.8 Å². The Morgan fingerprint density at radius 1 is 1.30 bits per heavy atom. The summed E-state index contributed by atoms with van der Waals surface area (Å²) in [7, 11) is 0. The lowest BCUT2D eigenvalue weighted by molar-refractivity contribution is -0.179. The Hall–Kier alpha value is -2.65. The van der Waals surface area contributed by atoms with Crippen LogP contribution in [0.1, 0.15) is 20.3 Å². The monoisotopic (exact) mass is 386 g/mol. The second-order valence-corrected chi connectivity index (χ2v) is 6.49. The molecule has 6 nitrogen and oxygen atoms in total. The third-order valence-corrected chi connectivity index (χ3v) is 4.69. The first-order valence-corrected chi connectivity index (χ1v) is 8.40. The molecule has 146 valence electrons. The van der Waals surface area contributed by atoms with Gasteiger partial charge in [-0.2, -0.15) is 13.2 Å². The Morgan fingerprint density at radius 2 is 1.96 bits per heavy atom. The molecule has 1 N–H and O–H groups in total. The van der Waals surface area contributed by atoms with Crippen LogP contribution in [0.3, 0.4) is 0 Å². The van der Waals surface area contributed by atoms with Gasteiger partial charge in [-0.05, 0) is 44.5 Å². The lowest BCUT2D eigenvalue weighted by Crippen LogP contribution is -2.45. The predicted molar refractivity (Wildman–Crippen MR) is 88.1 cm³/mol. The van der Waals surface area contributed by atoms with Gasteiger partial charge < -0.3 is 14.6 Å². The van der Waals surface area contributed by atoms with Gasteiger partial charge >= 0.3 is 12.2 Å². The number of amides is 1. The molecular weight excluding hydrogens is 368 g/mol.